The lowest BCUT2D eigenvalue weighted by Crippen LogP contribution is -2.42. The molecule has 1 saturated heterocycles. The third-order valence-electron chi connectivity index (χ3n) is 12.8. The molecule has 1 fully saturated rings. The third kappa shape index (κ3) is 8.08. The van der Waals surface area contributed by atoms with Crippen molar-refractivity contribution in [3.8, 4) is 23.0 Å². The average Bonchev–Trinajstić information content (AvgIpc) is 3.91. The molecule has 0 bridgehead atoms. The molecule has 67 heavy (non-hydrogen) atoms. The topological polar surface area (TPSA) is 157 Å². The molecule has 5 N–H and O–H groups in total. The Morgan fingerprint density at radius 2 is 0.970 bits per heavy atom. The van der Waals surface area contributed by atoms with Crippen LogP contribution in [0.2, 0.25) is 0 Å². The van der Waals surface area contributed by atoms with Gasteiger partial charge in [0.1, 0.15) is 63.8 Å². The SMILES string of the molecule is COc1ccc(C(Nc2nc(NC(c3ccccc3)(c3ccc(OC)cc3)c3ccc(OC)cc3)c3csc([C@@H]4O[C@H](CO)[C@@H](O)[C@@]4(C)O)c3n2)(c2ccccc2)c2ccc(OC)cc2)cc1. The number of hydrogen-bond acceptors (Lipinski definition) is 13. The minimum atomic E-state index is -1.78. The summed E-state index contributed by atoms with van der Waals surface area (Å²) in [5.74, 6) is 3.45. The van der Waals surface area contributed by atoms with Crippen molar-refractivity contribution in [1.82, 2.24) is 9.97 Å². The van der Waals surface area contributed by atoms with Crippen LogP contribution in [0.25, 0.3) is 10.9 Å². The van der Waals surface area contributed by atoms with E-state index in [-0.39, 0.29) is 5.95 Å². The highest BCUT2D eigenvalue weighted by atomic mass is 32.1. The summed E-state index contributed by atoms with van der Waals surface area (Å²) in [6.45, 7) is 1.03. The van der Waals surface area contributed by atoms with E-state index in [1.165, 1.54) is 18.3 Å². The molecule has 0 aliphatic carbocycles. The molecule has 13 heteroatoms. The third-order valence-corrected chi connectivity index (χ3v) is 13.8. The number of rotatable bonds is 16. The summed E-state index contributed by atoms with van der Waals surface area (Å²) in [5, 5.41) is 43.9. The molecule has 1 aliphatic heterocycles. The Labute approximate surface area is 393 Å². The van der Waals surface area contributed by atoms with Crippen molar-refractivity contribution in [2.75, 3.05) is 45.7 Å². The second kappa shape index (κ2) is 18.7. The molecule has 0 spiro atoms. The largest absolute Gasteiger partial charge is 0.497 e. The van der Waals surface area contributed by atoms with Crippen LogP contribution in [0, 0.1) is 0 Å². The van der Waals surface area contributed by atoms with Crippen LogP contribution in [-0.4, -0.2) is 78.1 Å². The number of fused-ring (bicyclic) bond motifs is 1. The molecule has 12 nitrogen and oxygen atoms in total. The minimum Gasteiger partial charge on any atom is -0.497 e. The highest BCUT2D eigenvalue weighted by Crippen LogP contribution is 2.49. The summed E-state index contributed by atoms with van der Waals surface area (Å²) in [4.78, 5) is 11.3. The number of thiophene rings is 1. The van der Waals surface area contributed by atoms with E-state index in [1.807, 2.05) is 139 Å². The molecule has 0 radical (unpaired) electrons. The molecule has 2 aromatic heterocycles. The maximum absolute atomic E-state index is 11.9. The van der Waals surface area contributed by atoms with Crippen molar-refractivity contribution in [3.63, 3.8) is 0 Å². The van der Waals surface area contributed by atoms with Gasteiger partial charge in [0.15, 0.2) is 0 Å². The summed E-state index contributed by atoms with van der Waals surface area (Å²) in [6.07, 6.45) is -3.45. The van der Waals surface area contributed by atoms with Crippen molar-refractivity contribution < 1.29 is 39.0 Å². The monoisotopic (exact) mass is 916 g/mol. The van der Waals surface area contributed by atoms with Crippen LogP contribution < -0.4 is 29.6 Å². The van der Waals surface area contributed by atoms with Crippen LogP contribution >= 0.6 is 11.3 Å². The highest BCUT2D eigenvalue weighted by molar-refractivity contribution is 7.11. The zero-order chi connectivity index (χ0) is 46.8. The Balaban J connectivity index is 1.34. The fraction of sp³-hybridized carbons (Fsp3) is 0.222. The van der Waals surface area contributed by atoms with E-state index in [4.69, 9.17) is 33.7 Å². The number of hydrogen-bond donors (Lipinski definition) is 5. The summed E-state index contributed by atoms with van der Waals surface area (Å²) in [6, 6.07) is 51.9. The van der Waals surface area contributed by atoms with E-state index >= 15 is 0 Å². The van der Waals surface area contributed by atoms with Crippen LogP contribution in [0.3, 0.4) is 0 Å². The first-order chi connectivity index (χ1) is 32.6. The first-order valence-electron chi connectivity index (χ1n) is 21.8. The number of nitrogens with one attached hydrogen (secondary N) is 2. The van der Waals surface area contributed by atoms with E-state index in [2.05, 4.69) is 34.9 Å². The highest BCUT2D eigenvalue weighted by Gasteiger charge is 2.54. The number of anilines is 2. The van der Waals surface area contributed by atoms with Crippen LogP contribution in [0.5, 0.6) is 23.0 Å². The lowest BCUT2D eigenvalue weighted by molar-refractivity contribution is -0.0630. The Kier molecular flexibility index (Phi) is 12.6. The van der Waals surface area contributed by atoms with Gasteiger partial charge in [0.2, 0.25) is 5.95 Å². The lowest BCUT2D eigenvalue weighted by Gasteiger charge is -2.39. The number of aliphatic hydroxyl groups excluding tert-OH is 2. The number of aromatic nitrogens is 2. The first-order valence-corrected chi connectivity index (χ1v) is 22.7. The molecule has 1 aliphatic rings. The molecule has 6 aromatic carbocycles. The first kappa shape index (κ1) is 45.2. The van der Waals surface area contributed by atoms with E-state index in [0.29, 0.717) is 44.6 Å². The van der Waals surface area contributed by atoms with Crippen LogP contribution in [0.15, 0.2) is 163 Å². The van der Waals surface area contributed by atoms with Gasteiger partial charge in [-0.2, -0.15) is 4.98 Å². The van der Waals surface area contributed by atoms with Gasteiger partial charge in [-0.25, -0.2) is 4.98 Å². The van der Waals surface area contributed by atoms with E-state index in [9.17, 15) is 15.3 Å². The smallest absolute Gasteiger partial charge is 0.226 e. The van der Waals surface area contributed by atoms with Crippen molar-refractivity contribution >= 4 is 34.0 Å². The van der Waals surface area contributed by atoms with Crippen molar-refractivity contribution in [3.05, 3.63) is 201 Å². The predicted octanol–water partition coefficient (Wildman–Crippen LogP) is 9.08. The quantitative estimate of drug-likeness (QED) is 0.0587. The molecule has 0 amide bonds. The Morgan fingerprint density at radius 3 is 1.34 bits per heavy atom. The molecule has 0 saturated carbocycles. The number of methoxy groups -OCH3 is 4. The van der Waals surface area contributed by atoms with E-state index in [1.54, 1.807) is 28.4 Å². The number of aliphatic hydroxyl groups is 3. The van der Waals surface area contributed by atoms with Crippen molar-refractivity contribution in [2.24, 2.45) is 0 Å². The van der Waals surface area contributed by atoms with Crippen LogP contribution in [0.1, 0.15) is 51.3 Å². The summed E-state index contributed by atoms with van der Waals surface area (Å²) in [7, 11) is 6.56. The van der Waals surface area contributed by atoms with Gasteiger partial charge in [-0.05, 0) is 88.8 Å². The fourth-order valence-electron chi connectivity index (χ4n) is 9.19. The molecule has 4 atom stereocenters. The van der Waals surface area contributed by atoms with E-state index in [0.717, 1.165) is 33.4 Å². The van der Waals surface area contributed by atoms with Gasteiger partial charge >= 0.3 is 0 Å². The summed E-state index contributed by atoms with van der Waals surface area (Å²) < 4.78 is 28.8. The molecule has 0 unspecified atom stereocenters. The molecule has 3 heterocycles. The zero-order valence-electron chi connectivity index (χ0n) is 37.7. The van der Waals surface area contributed by atoms with Gasteiger partial charge in [0.25, 0.3) is 0 Å². The average molecular weight is 917 g/mol. The summed E-state index contributed by atoms with van der Waals surface area (Å²) in [5.41, 5.74) is 1.75. The molecule has 342 valence electrons. The molecule has 9 rings (SSSR count). The van der Waals surface area contributed by atoms with Crippen LogP contribution in [0.4, 0.5) is 11.8 Å². The number of ether oxygens (including phenoxy) is 5. The van der Waals surface area contributed by atoms with Gasteiger partial charge < -0.3 is 49.6 Å². The van der Waals surface area contributed by atoms with Gasteiger partial charge in [0.05, 0.1) is 50.8 Å². The standard InChI is InChI=1S/C54H52N4O8S/c1-52(61)48(60)45(32-59)66-49(52)47-46-44(33-67-47)50(57-53(34-12-8-6-9-13-34,36-16-24-40(62-2)25-17-36)37-18-26-41(63-3)27-19-37)56-51(55-46)58-54(35-14-10-7-11-15-35,38-20-28-42(64-4)29-21-38)39-22-30-43(65-5)31-23-39/h6-31,33,45,48-49,59-61H,32H2,1-5H3,(H2,55,56,57,58)/t45-,48-,49+,52-/m1/s1. The second-order valence-electron chi connectivity index (χ2n) is 16.6. The van der Waals surface area contributed by atoms with Gasteiger partial charge in [-0.15, -0.1) is 11.3 Å². The minimum absolute atomic E-state index is 0.230. The Hall–Kier alpha value is -7.00. The maximum Gasteiger partial charge on any atom is 0.226 e. The predicted molar refractivity (Wildman–Crippen MR) is 261 cm³/mol. The van der Waals surface area contributed by atoms with Crippen molar-refractivity contribution in [2.45, 2.75) is 41.9 Å². The van der Waals surface area contributed by atoms with Gasteiger partial charge in [-0.3, -0.25) is 0 Å². The van der Waals surface area contributed by atoms with Gasteiger partial charge in [0, 0.05) is 5.38 Å². The zero-order valence-corrected chi connectivity index (χ0v) is 38.5. The van der Waals surface area contributed by atoms with E-state index < -0.39 is 41.6 Å². The second-order valence-corrected chi connectivity index (χ2v) is 17.5. The number of nitrogens with zero attached hydrogens (tertiary/aromatic N) is 2. The normalized spacial score (nSPS) is 18.4. The lowest BCUT2D eigenvalue weighted by atomic mass is 9.76. The van der Waals surface area contributed by atoms with Crippen LogP contribution in [-0.2, 0) is 15.8 Å². The summed E-state index contributed by atoms with van der Waals surface area (Å²) >= 11 is 1.33. The number of benzene rings is 6. The molecular formula is C54H52N4O8S. The molecule has 8 aromatic rings. The Bertz CT molecular complexity index is 2820. The van der Waals surface area contributed by atoms with Gasteiger partial charge in [-0.1, -0.05) is 109 Å². The Morgan fingerprint density at radius 1 is 0.582 bits per heavy atom. The van der Waals surface area contributed by atoms with Crippen molar-refractivity contribution in [1.29, 1.82) is 0 Å². The molecular weight excluding hydrogens is 865 g/mol. The fourth-order valence-corrected chi connectivity index (χ4v) is 10.3. The maximum atomic E-state index is 11.9.